The Hall–Kier alpha value is -8.86. The molecule has 0 saturated carbocycles. The Morgan fingerprint density at radius 1 is 0.333 bits per heavy atom. The highest BCUT2D eigenvalue weighted by molar-refractivity contribution is 5.91. The number of allylic oxidation sites excluding steroid dienone is 7. The van der Waals surface area contributed by atoms with E-state index in [0.717, 1.165) is 64.0 Å². The molecule has 0 N–H and O–H groups in total. The molecule has 0 radical (unpaired) electrons. The zero-order chi connectivity index (χ0) is 48.4. The van der Waals surface area contributed by atoms with Crippen molar-refractivity contribution in [3.63, 3.8) is 0 Å². The van der Waals surface area contributed by atoms with Crippen LogP contribution in [-0.2, 0) is 0 Å². The van der Waals surface area contributed by atoms with Gasteiger partial charge in [-0.05, 0) is 178 Å². The van der Waals surface area contributed by atoms with Crippen LogP contribution in [0.2, 0.25) is 0 Å². The monoisotopic (exact) mass is 928 g/mol. The van der Waals surface area contributed by atoms with Crippen LogP contribution in [-0.4, -0.2) is 0 Å². The fourth-order valence-corrected chi connectivity index (χ4v) is 10.6. The number of benzene rings is 10. The van der Waals surface area contributed by atoms with Gasteiger partial charge in [0.1, 0.15) is 0 Å². The van der Waals surface area contributed by atoms with Gasteiger partial charge >= 0.3 is 0 Å². The van der Waals surface area contributed by atoms with Crippen molar-refractivity contribution in [2.24, 2.45) is 11.8 Å². The SMILES string of the molecule is CC1C=CC(N(c2ccc(N(C3=CC=C(N(c4ccccc4)c4ccc5ccccc5c4)C(C)C3)c3ccc(N(c4ccccc4)c4ccc5ccccc5c4)cc3)cc2)c2ccc3ccccc3c2)=CC1. The second-order valence-electron chi connectivity index (χ2n) is 19.2. The largest absolute Gasteiger partial charge is 0.314 e. The quantitative estimate of drug-likeness (QED) is 0.121. The predicted octanol–water partition coefficient (Wildman–Crippen LogP) is 19.0. The molecule has 0 aromatic heterocycles. The Labute approximate surface area is 423 Å². The van der Waals surface area contributed by atoms with E-state index in [1.807, 2.05) is 0 Å². The van der Waals surface area contributed by atoms with Gasteiger partial charge in [0.25, 0.3) is 0 Å². The minimum absolute atomic E-state index is 0.190. The number of nitrogens with zero attached hydrogens (tertiary/aromatic N) is 4. The topological polar surface area (TPSA) is 13.0 Å². The van der Waals surface area contributed by atoms with E-state index < -0.39 is 0 Å². The Kier molecular flexibility index (Phi) is 12.0. The molecule has 10 aromatic carbocycles. The molecule has 4 nitrogen and oxygen atoms in total. The van der Waals surface area contributed by atoms with Crippen LogP contribution in [0.3, 0.4) is 0 Å². The Morgan fingerprint density at radius 2 is 0.708 bits per heavy atom. The maximum atomic E-state index is 2.46. The van der Waals surface area contributed by atoms with Crippen molar-refractivity contribution in [1.29, 1.82) is 0 Å². The molecule has 10 aromatic rings. The summed E-state index contributed by atoms with van der Waals surface area (Å²) in [5.74, 6) is 0.699. The third-order valence-electron chi connectivity index (χ3n) is 14.3. The van der Waals surface area contributed by atoms with Crippen LogP contribution in [0.15, 0.2) is 284 Å². The number of hydrogen-bond donors (Lipinski definition) is 0. The maximum Gasteiger partial charge on any atom is 0.0468 e. The van der Waals surface area contributed by atoms with Gasteiger partial charge in [0.2, 0.25) is 0 Å². The lowest BCUT2D eigenvalue weighted by Gasteiger charge is -2.37. The molecule has 0 bridgehead atoms. The Bertz CT molecular complexity index is 3680. The molecule has 2 atom stereocenters. The van der Waals surface area contributed by atoms with Crippen LogP contribution in [0.1, 0.15) is 26.7 Å². The molecule has 2 aliphatic rings. The summed E-state index contributed by atoms with van der Waals surface area (Å²) in [4.78, 5) is 9.67. The predicted molar refractivity (Wildman–Crippen MR) is 307 cm³/mol. The van der Waals surface area contributed by atoms with Crippen LogP contribution in [0.5, 0.6) is 0 Å². The molecule has 0 spiro atoms. The molecular formula is C68H56N4. The van der Waals surface area contributed by atoms with E-state index in [1.165, 1.54) is 49.4 Å². The third-order valence-corrected chi connectivity index (χ3v) is 14.3. The highest BCUT2D eigenvalue weighted by Crippen LogP contribution is 2.44. The average Bonchev–Trinajstić information content (AvgIpc) is 3.43. The van der Waals surface area contributed by atoms with Crippen LogP contribution in [0.25, 0.3) is 32.3 Å². The molecule has 2 aliphatic carbocycles. The zero-order valence-electron chi connectivity index (χ0n) is 40.8. The molecule has 0 heterocycles. The summed E-state index contributed by atoms with van der Waals surface area (Å²) in [7, 11) is 0. The van der Waals surface area contributed by atoms with E-state index in [2.05, 4.69) is 300 Å². The van der Waals surface area contributed by atoms with Gasteiger partial charge < -0.3 is 19.6 Å². The Balaban J connectivity index is 0.967. The lowest BCUT2D eigenvalue weighted by molar-refractivity contribution is 0.640. The molecule has 2 unspecified atom stereocenters. The first-order valence-electron chi connectivity index (χ1n) is 25.3. The van der Waals surface area contributed by atoms with Gasteiger partial charge in [-0.25, -0.2) is 0 Å². The second kappa shape index (κ2) is 19.5. The molecule has 12 rings (SSSR count). The summed E-state index contributed by atoms with van der Waals surface area (Å²) < 4.78 is 0. The van der Waals surface area contributed by atoms with Gasteiger partial charge in [-0.1, -0.05) is 153 Å². The first kappa shape index (κ1) is 44.4. The summed E-state index contributed by atoms with van der Waals surface area (Å²) >= 11 is 0. The van der Waals surface area contributed by atoms with Crippen LogP contribution >= 0.6 is 0 Å². The smallest absolute Gasteiger partial charge is 0.0468 e. The van der Waals surface area contributed by atoms with Gasteiger partial charge in [-0.3, -0.25) is 0 Å². The van der Waals surface area contributed by atoms with Crippen molar-refractivity contribution in [2.75, 3.05) is 19.6 Å². The van der Waals surface area contributed by atoms with Gasteiger partial charge in [0, 0.05) is 74.2 Å². The lowest BCUT2D eigenvalue weighted by Crippen LogP contribution is -2.27. The van der Waals surface area contributed by atoms with E-state index in [4.69, 9.17) is 0 Å². The fourth-order valence-electron chi connectivity index (χ4n) is 10.6. The Morgan fingerprint density at radius 3 is 1.17 bits per heavy atom. The van der Waals surface area contributed by atoms with Crippen LogP contribution in [0.4, 0.5) is 51.2 Å². The number of rotatable bonds is 12. The van der Waals surface area contributed by atoms with E-state index in [0.29, 0.717) is 5.92 Å². The van der Waals surface area contributed by atoms with E-state index >= 15 is 0 Å². The third kappa shape index (κ3) is 8.84. The number of hydrogen-bond acceptors (Lipinski definition) is 4. The van der Waals surface area contributed by atoms with Gasteiger partial charge in [-0.15, -0.1) is 0 Å². The molecule has 0 fully saturated rings. The molecule has 0 amide bonds. The zero-order valence-corrected chi connectivity index (χ0v) is 40.8. The molecule has 72 heavy (non-hydrogen) atoms. The highest BCUT2D eigenvalue weighted by atomic mass is 15.2. The first-order chi connectivity index (χ1) is 35.5. The number of fused-ring (bicyclic) bond motifs is 3. The number of para-hydroxylation sites is 2. The minimum atomic E-state index is 0.190. The van der Waals surface area contributed by atoms with Crippen molar-refractivity contribution in [3.8, 4) is 0 Å². The van der Waals surface area contributed by atoms with Crippen LogP contribution < -0.4 is 19.6 Å². The summed E-state index contributed by atoms with van der Waals surface area (Å²) in [6.07, 6.45) is 13.5. The molecule has 4 heteroatoms. The maximum absolute atomic E-state index is 2.46. The average molecular weight is 929 g/mol. The van der Waals surface area contributed by atoms with E-state index in [-0.39, 0.29) is 5.92 Å². The van der Waals surface area contributed by atoms with Crippen molar-refractivity contribution in [1.82, 2.24) is 0 Å². The van der Waals surface area contributed by atoms with Gasteiger partial charge in [-0.2, -0.15) is 0 Å². The van der Waals surface area contributed by atoms with Gasteiger partial charge in [0.05, 0.1) is 0 Å². The summed E-state index contributed by atoms with van der Waals surface area (Å²) in [6, 6.07) is 86.0. The normalized spacial score (nSPS) is 15.4. The summed E-state index contributed by atoms with van der Waals surface area (Å²) in [5, 5.41) is 7.36. The standard InChI is InChI=1S/C68H56N4/c1-49-25-30-59(31-26-49)71(66-33-28-52-16-10-13-19-55(52)47-66)63-41-39-62(40-42-63)70(61-37-35-60(36-38-61)69(57-21-5-3-6-22-57)65-32-27-51-15-9-12-18-54(51)46-65)64-43-44-68(50(2)45-64)72(58-23-7-4-8-24-58)67-34-29-53-17-11-14-20-56(53)48-67/h3-25,27-44,46-50H,26,45H2,1-2H3. The van der Waals surface area contributed by atoms with E-state index in [9.17, 15) is 0 Å². The molecule has 0 aliphatic heterocycles. The van der Waals surface area contributed by atoms with Crippen molar-refractivity contribution in [3.05, 3.63) is 284 Å². The highest BCUT2D eigenvalue weighted by Gasteiger charge is 2.28. The van der Waals surface area contributed by atoms with Gasteiger partial charge in [0.15, 0.2) is 0 Å². The number of anilines is 9. The molecular weight excluding hydrogens is 873 g/mol. The minimum Gasteiger partial charge on any atom is -0.314 e. The first-order valence-corrected chi connectivity index (χ1v) is 25.3. The molecule has 0 saturated heterocycles. The van der Waals surface area contributed by atoms with Crippen molar-refractivity contribution < 1.29 is 0 Å². The lowest BCUT2D eigenvalue weighted by atomic mass is 9.93. The van der Waals surface area contributed by atoms with Crippen LogP contribution in [0, 0.1) is 11.8 Å². The summed E-state index contributed by atoms with van der Waals surface area (Å²) in [5.41, 5.74) is 13.7. The van der Waals surface area contributed by atoms with Crippen molar-refractivity contribution >= 4 is 83.5 Å². The second-order valence-corrected chi connectivity index (χ2v) is 19.2. The summed E-state index contributed by atoms with van der Waals surface area (Å²) in [6.45, 7) is 4.65. The van der Waals surface area contributed by atoms with E-state index in [1.54, 1.807) is 0 Å². The fraction of sp³-hybridized carbons (Fsp3) is 0.0882. The van der Waals surface area contributed by atoms with Crippen molar-refractivity contribution in [2.45, 2.75) is 26.7 Å². The molecule has 348 valence electrons.